The molecule has 4 nitrogen and oxygen atoms in total. The van der Waals surface area contributed by atoms with Gasteiger partial charge in [0.15, 0.2) is 5.78 Å². The molecule has 0 amide bonds. The largest absolute Gasteiger partial charge is 0.497 e. The van der Waals surface area contributed by atoms with Crippen LogP contribution in [0.4, 0.5) is 0 Å². The van der Waals surface area contributed by atoms with E-state index in [9.17, 15) is 4.79 Å². The molecular formula is C16H20N2O2. The first-order valence-corrected chi connectivity index (χ1v) is 6.92. The molecule has 2 rings (SSSR count). The van der Waals surface area contributed by atoms with Gasteiger partial charge in [0, 0.05) is 12.6 Å². The predicted molar refractivity (Wildman–Crippen MR) is 78.2 cm³/mol. The summed E-state index contributed by atoms with van der Waals surface area (Å²) in [5.41, 5.74) is 1.79. The molecule has 0 atom stereocenters. The van der Waals surface area contributed by atoms with E-state index >= 15 is 0 Å². The molecule has 0 aliphatic carbocycles. The summed E-state index contributed by atoms with van der Waals surface area (Å²) in [6, 6.07) is 9.60. The Morgan fingerprint density at radius 2 is 2.00 bits per heavy atom. The fraction of sp³-hybridized carbons (Fsp3) is 0.375. The quantitative estimate of drug-likeness (QED) is 0.726. The molecule has 1 aromatic heterocycles. The molecule has 0 aliphatic rings. The van der Waals surface area contributed by atoms with Gasteiger partial charge in [-0.25, -0.2) is 0 Å². The van der Waals surface area contributed by atoms with Crippen LogP contribution in [0.5, 0.6) is 5.75 Å². The monoisotopic (exact) mass is 272 g/mol. The van der Waals surface area contributed by atoms with Crippen LogP contribution < -0.4 is 4.74 Å². The van der Waals surface area contributed by atoms with Crippen LogP contribution in [0.3, 0.4) is 0 Å². The van der Waals surface area contributed by atoms with Gasteiger partial charge in [-0.2, -0.15) is 5.10 Å². The number of carbonyl (C=O) groups excluding carboxylic acids is 1. The van der Waals surface area contributed by atoms with Gasteiger partial charge < -0.3 is 4.74 Å². The summed E-state index contributed by atoms with van der Waals surface area (Å²) in [5.74, 6) is 0.992. The highest BCUT2D eigenvalue weighted by atomic mass is 16.5. The molecule has 0 bridgehead atoms. The molecule has 0 spiro atoms. The van der Waals surface area contributed by atoms with Crippen molar-refractivity contribution in [2.45, 2.75) is 32.7 Å². The highest BCUT2D eigenvalue weighted by Crippen LogP contribution is 2.14. The molecule has 106 valence electrons. The molecule has 0 N–H and O–H groups in total. The summed E-state index contributed by atoms with van der Waals surface area (Å²) in [6.45, 7) is 2.69. The van der Waals surface area contributed by atoms with Crippen molar-refractivity contribution in [2.24, 2.45) is 0 Å². The van der Waals surface area contributed by atoms with E-state index in [0.29, 0.717) is 18.7 Å². The standard InChI is InChI=1S/C16H20N2O2/c1-3-4-5-16(19)15-10-11-17-18(15)12-13-6-8-14(20-2)9-7-13/h6-11H,3-5,12H2,1-2H3. The Hall–Kier alpha value is -2.10. The fourth-order valence-electron chi connectivity index (χ4n) is 2.06. The Labute approximate surface area is 119 Å². The highest BCUT2D eigenvalue weighted by molar-refractivity contribution is 5.94. The number of ether oxygens (including phenoxy) is 1. The molecule has 0 saturated heterocycles. The Morgan fingerprint density at radius 1 is 1.25 bits per heavy atom. The molecule has 0 unspecified atom stereocenters. The Bertz CT molecular complexity index is 558. The maximum Gasteiger partial charge on any atom is 0.180 e. The summed E-state index contributed by atoms with van der Waals surface area (Å²) in [6.07, 6.45) is 4.22. The van der Waals surface area contributed by atoms with Crippen LogP contribution in [0.1, 0.15) is 42.2 Å². The molecule has 0 fully saturated rings. The molecule has 4 heteroatoms. The zero-order chi connectivity index (χ0) is 14.4. The van der Waals surface area contributed by atoms with Crippen LogP contribution >= 0.6 is 0 Å². The zero-order valence-corrected chi connectivity index (χ0v) is 12.0. The lowest BCUT2D eigenvalue weighted by Gasteiger charge is -2.07. The van der Waals surface area contributed by atoms with Crippen molar-refractivity contribution in [3.05, 3.63) is 47.8 Å². The number of Topliss-reactive ketones (excluding diaryl/α,β-unsaturated/α-hetero) is 1. The second-order valence-corrected chi connectivity index (χ2v) is 4.75. The lowest BCUT2D eigenvalue weighted by Crippen LogP contribution is -2.11. The van der Waals surface area contributed by atoms with Crippen molar-refractivity contribution in [1.82, 2.24) is 9.78 Å². The number of hydrogen-bond donors (Lipinski definition) is 0. The van der Waals surface area contributed by atoms with Gasteiger partial charge in [-0.15, -0.1) is 0 Å². The SMILES string of the molecule is CCCCC(=O)c1ccnn1Cc1ccc(OC)cc1. The molecule has 1 heterocycles. The Kier molecular flexibility index (Phi) is 4.93. The lowest BCUT2D eigenvalue weighted by atomic mass is 10.1. The second-order valence-electron chi connectivity index (χ2n) is 4.75. The first-order chi connectivity index (χ1) is 9.74. The van der Waals surface area contributed by atoms with Gasteiger partial charge >= 0.3 is 0 Å². The number of rotatable bonds is 7. The summed E-state index contributed by atoms with van der Waals surface area (Å²) in [5, 5.41) is 4.25. The van der Waals surface area contributed by atoms with Gasteiger partial charge in [-0.1, -0.05) is 25.5 Å². The minimum atomic E-state index is 0.165. The summed E-state index contributed by atoms with van der Waals surface area (Å²) < 4.78 is 6.90. The van der Waals surface area contributed by atoms with Gasteiger partial charge in [0.1, 0.15) is 11.4 Å². The second kappa shape index (κ2) is 6.89. The van der Waals surface area contributed by atoms with Crippen LogP contribution in [0, 0.1) is 0 Å². The van der Waals surface area contributed by atoms with Crippen LogP contribution in [0.25, 0.3) is 0 Å². The van der Waals surface area contributed by atoms with Gasteiger partial charge in [0.05, 0.1) is 13.7 Å². The number of hydrogen-bond acceptors (Lipinski definition) is 3. The van der Waals surface area contributed by atoms with Crippen LogP contribution in [0.15, 0.2) is 36.5 Å². The average molecular weight is 272 g/mol. The summed E-state index contributed by atoms with van der Waals surface area (Å²) in [7, 11) is 1.65. The maximum atomic E-state index is 12.1. The molecule has 1 aromatic carbocycles. The summed E-state index contributed by atoms with van der Waals surface area (Å²) in [4.78, 5) is 12.1. The minimum Gasteiger partial charge on any atom is -0.497 e. The van der Waals surface area contributed by atoms with E-state index in [4.69, 9.17) is 4.74 Å². The molecule has 0 aliphatic heterocycles. The third-order valence-electron chi connectivity index (χ3n) is 3.25. The topological polar surface area (TPSA) is 44.1 Å². The Morgan fingerprint density at radius 3 is 2.65 bits per heavy atom. The average Bonchev–Trinajstić information content (AvgIpc) is 2.94. The third-order valence-corrected chi connectivity index (χ3v) is 3.25. The van der Waals surface area contributed by atoms with Crippen LogP contribution in [-0.4, -0.2) is 22.7 Å². The van der Waals surface area contributed by atoms with E-state index in [1.165, 1.54) is 0 Å². The van der Waals surface area contributed by atoms with Crippen molar-refractivity contribution in [3.8, 4) is 5.75 Å². The van der Waals surface area contributed by atoms with Crippen molar-refractivity contribution in [1.29, 1.82) is 0 Å². The van der Waals surface area contributed by atoms with E-state index in [-0.39, 0.29) is 5.78 Å². The smallest absolute Gasteiger partial charge is 0.180 e. The third kappa shape index (κ3) is 3.47. The molecule has 0 saturated carbocycles. The van der Waals surface area contributed by atoms with E-state index < -0.39 is 0 Å². The first kappa shape index (κ1) is 14.3. The number of aromatic nitrogens is 2. The van der Waals surface area contributed by atoms with Crippen molar-refractivity contribution >= 4 is 5.78 Å². The molecule has 20 heavy (non-hydrogen) atoms. The van der Waals surface area contributed by atoms with Gasteiger partial charge in [-0.3, -0.25) is 9.48 Å². The molecule has 2 aromatic rings. The number of benzene rings is 1. The fourth-order valence-corrected chi connectivity index (χ4v) is 2.06. The predicted octanol–water partition coefficient (Wildman–Crippen LogP) is 3.31. The van der Waals surface area contributed by atoms with Crippen molar-refractivity contribution < 1.29 is 9.53 Å². The van der Waals surface area contributed by atoms with E-state index in [1.54, 1.807) is 24.1 Å². The minimum absolute atomic E-state index is 0.165. The number of ketones is 1. The molecular weight excluding hydrogens is 252 g/mol. The number of unbranched alkanes of at least 4 members (excludes halogenated alkanes) is 1. The van der Waals surface area contributed by atoms with Crippen molar-refractivity contribution in [3.63, 3.8) is 0 Å². The van der Waals surface area contributed by atoms with Crippen LogP contribution in [-0.2, 0) is 6.54 Å². The summed E-state index contributed by atoms with van der Waals surface area (Å²) >= 11 is 0. The van der Waals surface area contributed by atoms with E-state index in [1.807, 2.05) is 24.3 Å². The lowest BCUT2D eigenvalue weighted by molar-refractivity contribution is 0.0970. The number of carbonyl (C=O) groups is 1. The van der Waals surface area contributed by atoms with Gasteiger partial charge in [0.25, 0.3) is 0 Å². The maximum absolute atomic E-state index is 12.1. The van der Waals surface area contributed by atoms with E-state index in [2.05, 4.69) is 12.0 Å². The highest BCUT2D eigenvalue weighted by Gasteiger charge is 2.11. The van der Waals surface area contributed by atoms with Crippen molar-refractivity contribution in [2.75, 3.05) is 7.11 Å². The van der Waals surface area contributed by atoms with Gasteiger partial charge in [-0.05, 0) is 30.2 Å². The number of nitrogens with zero attached hydrogens (tertiary/aromatic N) is 2. The first-order valence-electron chi connectivity index (χ1n) is 6.92. The normalized spacial score (nSPS) is 10.5. The molecule has 0 radical (unpaired) electrons. The number of methoxy groups -OCH3 is 1. The Balaban J connectivity index is 2.09. The zero-order valence-electron chi connectivity index (χ0n) is 12.0. The van der Waals surface area contributed by atoms with Gasteiger partial charge in [0.2, 0.25) is 0 Å². The van der Waals surface area contributed by atoms with Crippen LogP contribution in [0.2, 0.25) is 0 Å². The van der Waals surface area contributed by atoms with E-state index in [0.717, 1.165) is 24.2 Å².